The number of fused-ring (bicyclic) bond motifs is 2. The van der Waals surface area contributed by atoms with Crippen molar-refractivity contribution in [2.45, 2.75) is 12.0 Å². The van der Waals surface area contributed by atoms with E-state index in [0.29, 0.717) is 22.6 Å². The van der Waals surface area contributed by atoms with Crippen molar-refractivity contribution in [2.75, 3.05) is 13.7 Å². The van der Waals surface area contributed by atoms with Crippen molar-refractivity contribution in [3.8, 4) is 17.2 Å². The average Bonchev–Trinajstić information content (AvgIpc) is 2.49. The van der Waals surface area contributed by atoms with E-state index in [-0.39, 0.29) is 18.8 Å². The fraction of sp³-hybridized carbons (Fsp3) is 0.250. The smallest absolute Gasteiger partial charge is 0.169 e. The summed E-state index contributed by atoms with van der Waals surface area (Å²) < 4.78 is 26.0. The first-order valence-electron chi connectivity index (χ1n) is 6.75. The summed E-state index contributed by atoms with van der Waals surface area (Å²) in [5, 5.41) is 9.44. The molecule has 1 atom stereocenters. The van der Waals surface area contributed by atoms with Gasteiger partial charge in [0, 0.05) is 28.3 Å². The first-order chi connectivity index (χ1) is 10.5. The lowest BCUT2D eigenvalue weighted by molar-refractivity contribution is 0.244. The lowest BCUT2D eigenvalue weighted by Gasteiger charge is -2.37. The van der Waals surface area contributed by atoms with Gasteiger partial charge in [-0.3, -0.25) is 0 Å². The standard InChI is InChI=1S/C16H15BrFNO3/c1-21-10-7-12-15(13(18)8-10)22-14-3-2-9(17)6-11(14)16(12,19)4-5-20/h2-3,6-8,20H,4-5,19H2,1H3/t16-/m1/s1. The van der Waals surface area contributed by atoms with Gasteiger partial charge in [0.2, 0.25) is 0 Å². The van der Waals surface area contributed by atoms with Crippen LogP contribution in [0, 0.1) is 5.82 Å². The molecule has 0 bridgehead atoms. The van der Waals surface area contributed by atoms with Crippen LogP contribution in [0.4, 0.5) is 4.39 Å². The highest BCUT2D eigenvalue weighted by Gasteiger charge is 2.40. The minimum absolute atomic E-state index is 0.0755. The van der Waals surface area contributed by atoms with Crippen molar-refractivity contribution < 1.29 is 19.0 Å². The largest absolute Gasteiger partial charge is 0.497 e. The minimum atomic E-state index is -1.06. The highest BCUT2D eigenvalue weighted by Crippen LogP contribution is 2.49. The number of aliphatic hydroxyl groups is 1. The third-order valence-electron chi connectivity index (χ3n) is 3.87. The summed E-state index contributed by atoms with van der Waals surface area (Å²) in [6, 6.07) is 8.25. The lowest BCUT2D eigenvalue weighted by Crippen LogP contribution is -2.41. The Hall–Kier alpha value is -1.63. The molecule has 0 saturated carbocycles. The Morgan fingerprint density at radius 1 is 1.32 bits per heavy atom. The van der Waals surface area contributed by atoms with Crippen LogP contribution in [-0.4, -0.2) is 18.8 Å². The summed E-state index contributed by atoms with van der Waals surface area (Å²) in [6.07, 6.45) is 0.236. The number of aliphatic hydroxyl groups excluding tert-OH is 1. The van der Waals surface area contributed by atoms with Gasteiger partial charge in [-0.05, 0) is 30.7 Å². The van der Waals surface area contributed by atoms with Crippen molar-refractivity contribution in [2.24, 2.45) is 5.73 Å². The van der Waals surface area contributed by atoms with Gasteiger partial charge in [0.05, 0.1) is 12.6 Å². The molecule has 22 heavy (non-hydrogen) atoms. The maximum atomic E-state index is 14.3. The Morgan fingerprint density at radius 3 is 2.77 bits per heavy atom. The Balaban J connectivity index is 2.29. The van der Waals surface area contributed by atoms with E-state index in [9.17, 15) is 9.50 Å². The zero-order chi connectivity index (χ0) is 15.9. The number of hydrogen-bond donors (Lipinski definition) is 2. The molecule has 0 aromatic heterocycles. The van der Waals surface area contributed by atoms with Gasteiger partial charge >= 0.3 is 0 Å². The Bertz CT molecular complexity index is 738. The molecule has 0 amide bonds. The van der Waals surface area contributed by atoms with E-state index in [1.54, 1.807) is 18.2 Å². The van der Waals surface area contributed by atoms with E-state index >= 15 is 0 Å². The monoisotopic (exact) mass is 367 g/mol. The second kappa shape index (κ2) is 5.53. The molecule has 2 aromatic carbocycles. The highest BCUT2D eigenvalue weighted by atomic mass is 79.9. The van der Waals surface area contributed by atoms with Crippen molar-refractivity contribution in [3.05, 3.63) is 51.7 Å². The molecule has 0 unspecified atom stereocenters. The van der Waals surface area contributed by atoms with Crippen LogP contribution >= 0.6 is 15.9 Å². The van der Waals surface area contributed by atoms with Crippen LogP contribution in [0.2, 0.25) is 0 Å². The Morgan fingerprint density at radius 2 is 2.09 bits per heavy atom. The summed E-state index contributed by atoms with van der Waals surface area (Å²) in [7, 11) is 1.46. The van der Waals surface area contributed by atoms with Crippen molar-refractivity contribution in [1.82, 2.24) is 0 Å². The number of benzene rings is 2. The third kappa shape index (κ3) is 2.27. The molecular formula is C16H15BrFNO3. The van der Waals surface area contributed by atoms with E-state index in [1.807, 2.05) is 6.07 Å². The summed E-state index contributed by atoms with van der Waals surface area (Å²) >= 11 is 3.40. The fourth-order valence-electron chi connectivity index (χ4n) is 2.76. The number of halogens is 2. The van der Waals surface area contributed by atoms with Crippen LogP contribution in [-0.2, 0) is 5.54 Å². The summed E-state index contributed by atoms with van der Waals surface area (Å²) in [5.41, 5.74) is 6.67. The Kier molecular flexibility index (Phi) is 3.84. The molecule has 0 aliphatic carbocycles. The summed E-state index contributed by atoms with van der Waals surface area (Å²) in [5.74, 6) is 0.365. The maximum Gasteiger partial charge on any atom is 0.169 e. The van der Waals surface area contributed by atoms with Crippen molar-refractivity contribution in [1.29, 1.82) is 0 Å². The predicted molar refractivity (Wildman–Crippen MR) is 83.8 cm³/mol. The lowest BCUT2D eigenvalue weighted by atomic mass is 9.78. The summed E-state index contributed by atoms with van der Waals surface area (Å²) in [4.78, 5) is 0. The van der Waals surface area contributed by atoms with E-state index in [0.717, 1.165) is 4.47 Å². The van der Waals surface area contributed by atoms with Gasteiger partial charge in [0.25, 0.3) is 0 Å². The number of ether oxygens (including phenoxy) is 2. The van der Waals surface area contributed by atoms with E-state index < -0.39 is 11.4 Å². The molecule has 0 saturated heterocycles. The Labute approximate surface area is 135 Å². The van der Waals surface area contributed by atoms with E-state index in [1.165, 1.54) is 13.2 Å². The normalized spacial score (nSPS) is 19.1. The minimum Gasteiger partial charge on any atom is -0.497 e. The van der Waals surface area contributed by atoms with Gasteiger partial charge in [0.1, 0.15) is 11.5 Å². The third-order valence-corrected chi connectivity index (χ3v) is 4.37. The van der Waals surface area contributed by atoms with Gasteiger partial charge in [-0.15, -0.1) is 0 Å². The SMILES string of the molecule is COc1cc(F)c2c(c1)[C@@](N)(CCO)c1cc(Br)ccc1O2. The van der Waals surface area contributed by atoms with Gasteiger partial charge in [-0.25, -0.2) is 4.39 Å². The zero-order valence-corrected chi connectivity index (χ0v) is 13.5. The van der Waals surface area contributed by atoms with Gasteiger partial charge in [-0.1, -0.05) is 15.9 Å². The molecule has 0 spiro atoms. The molecule has 2 aromatic rings. The molecule has 0 fully saturated rings. The predicted octanol–water partition coefficient (Wildman–Crippen LogP) is 3.29. The molecule has 116 valence electrons. The molecule has 0 radical (unpaired) electrons. The van der Waals surface area contributed by atoms with Gasteiger partial charge in [-0.2, -0.15) is 0 Å². The van der Waals surface area contributed by atoms with Crippen LogP contribution in [0.5, 0.6) is 17.2 Å². The maximum absolute atomic E-state index is 14.3. The fourth-order valence-corrected chi connectivity index (χ4v) is 3.12. The number of rotatable bonds is 3. The van der Waals surface area contributed by atoms with E-state index in [2.05, 4.69) is 15.9 Å². The topological polar surface area (TPSA) is 64.7 Å². The number of nitrogens with two attached hydrogens (primary N) is 1. The number of methoxy groups -OCH3 is 1. The first kappa shape index (κ1) is 15.3. The highest BCUT2D eigenvalue weighted by molar-refractivity contribution is 9.10. The van der Waals surface area contributed by atoms with Crippen LogP contribution in [0.15, 0.2) is 34.8 Å². The second-order valence-corrected chi connectivity index (χ2v) is 6.09. The molecule has 6 heteroatoms. The van der Waals surface area contributed by atoms with Crippen LogP contribution in [0.25, 0.3) is 0 Å². The molecule has 1 aliphatic rings. The number of hydrogen-bond acceptors (Lipinski definition) is 4. The van der Waals surface area contributed by atoms with Gasteiger partial charge in [0.15, 0.2) is 11.6 Å². The average molecular weight is 368 g/mol. The molecule has 3 rings (SSSR count). The van der Waals surface area contributed by atoms with Crippen LogP contribution < -0.4 is 15.2 Å². The zero-order valence-electron chi connectivity index (χ0n) is 11.9. The molecule has 3 N–H and O–H groups in total. The van der Waals surface area contributed by atoms with Gasteiger partial charge < -0.3 is 20.3 Å². The second-order valence-electron chi connectivity index (χ2n) is 5.17. The van der Waals surface area contributed by atoms with Crippen molar-refractivity contribution >= 4 is 15.9 Å². The molecule has 1 heterocycles. The molecule has 4 nitrogen and oxygen atoms in total. The van der Waals surface area contributed by atoms with Crippen LogP contribution in [0.1, 0.15) is 17.5 Å². The first-order valence-corrected chi connectivity index (χ1v) is 7.54. The van der Waals surface area contributed by atoms with Crippen molar-refractivity contribution in [3.63, 3.8) is 0 Å². The molecule has 1 aliphatic heterocycles. The molecular weight excluding hydrogens is 353 g/mol. The quantitative estimate of drug-likeness (QED) is 0.873. The van der Waals surface area contributed by atoms with E-state index in [4.69, 9.17) is 15.2 Å². The van der Waals surface area contributed by atoms with Crippen LogP contribution in [0.3, 0.4) is 0 Å². The summed E-state index contributed by atoms with van der Waals surface area (Å²) in [6.45, 7) is -0.138.